The van der Waals surface area contributed by atoms with Gasteiger partial charge in [-0.15, -0.1) is 0 Å². The van der Waals surface area contributed by atoms with Crippen molar-refractivity contribution in [2.75, 3.05) is 0 Å². The highest BCUT2D eigenvalue weighted by Gasteiger charge is 2.39. The van der Waals surface area contributed by atoms with Crippen LogP contribution in [0.2, 0.25) is 0 Å². The van der Waals surface area contributed by atoms with Crippen LogP contribution in [-0.2, 0) is 9.53 Å². The molecular weight excluding hydrogens is 224 g/mol. The van der Waals surface area contributed by atoms with Gasteiger partial charge in [0.05, 0.1) is 11.3 Å². The lowest BCUT2D eigenvalue weighted by Gasteiger charge is -2.32. The second kappa shape index (κ2) is 3.58. The van der Waals surface area contributed by atoms with Crippen LogP contribution in [0.4, 0.5) is 0 Å². The average Bonchev–Trinajstić information content (AvgIpc) is 2.13. The van der Waals surface area contributed by atoms with Crippen LogP contribution in [0.1, 0.15) is 33.1 Å². The molecule has 2 aliphatic rings. The van der Waals surface area contributed by atoms with Crippen molar-refractivity contribution in [3.63, 3.8) is 0 Å². The Bertz CT molecular complexity index is 474. The molecule has 0 amide bonds. The zero-order valence-corrected chi connectivity index (χ0v) is 9.78. The van der Waals surface area contributed by atoms with Crippen LogP contribution in [0.25, 0.3) is 0 Å². The number of rotatable bonds is 1. The fourth-order valence-corrected chi connectivity index (χ4v) is 2.20. The Hall–Kier alpha value is -1.85. The molecule has 6 nitrogen and oxygen atoms in total. The van der Waals surface area contributed by atoms with Crippen molar-refractivity contribution in [1.29, 1.82) is 0 Å². The Morgan fingerprint density at radius 1 is 1.41 bits per heavy atom. The second-order valence-electron chi connectivity index (χ2n) is 5.19. The van der Waals surface area contributed by atoms with Crippen LogP contribution in [-0.4, -0.2) is 10.7 Å². The molecule has 17 heavy (non-hydrogen) atoms. The van der Waals surface area contributed by atoms with Crippen LogP contribution in [0.15, 0.2) is 22.9 Å². The fourth-order valence-electron chi connectivity index (χ4n) is 2.20. The maximum Gasteiger partial charge on any atom is 0.310 e. The summed E-state index contributed by atoms with van der Waals surface area (Å²) in [4.78, 5) is 22.0. The minimum atomic E-state index is -0.591. The van der Waals surface area contributed by atoms with Gasteiger partial charge in [-0.25, -0.2) is 0 Å². The van der Waals surface area contributed by atoms with Crippen LogP contribution in [0.3, 0.4) is 0 Å². The van der Waals surface area contributed by atoms with E-state index in [-0.39, 0.29) is 29.2 Å². The van der Waals surface area contributed by atoms with Gasteiger partial charge in [0.1, 0.15) is 5.76 Å². The Morgan fingerprint density at radius 2 is 2.06 bits per heavy atom. The molecule has 1 aliphatic carbocycles. The Kier molecular flexibility index (Phi) is 2.45. The summed E-state index contributed by atoms with van der Waals surface area (Å²) in [6.07, 6.45) is 0.947. The molecule has 2 N–H and O–H groups in total. The Morgan fingerprint density at radius 3 is 2.65 bits per heavy atom. The first-order valence-electron chi connectivity index (χ1n) is 5.36. The van der Waals surface area contributed by atoms with E-state index in [9.17, 15) is 14.9 Å². The molecule has 2 rings (SSSR count). The van der Waals surface area contributed by atoms with Crippen molar-refractivity contribution >= 4 is 5.78 Å². The minimum Gasteiger partial charge on any atom is -0.440 e. The van der Waals surface area contributed by atoms with Crippen molar-refractivity contribution in [1.82, 2.24) is 0 Å². The normalized spacial score (nSPS) is 23.3. The predicted octanol–water partition coefficient (Wildman–Crippen LogP) is 1.45. The van der Waals surface area contributed by atoms with E-state index in [0.29, 0.717) is 24.2 Å². The van der Waals surface area contributed by atoms with Gasteiger partial charge in [-0.2, -0.15) is 0 Å². The molecule has 0 aromatic rings. The van der Waals surface area contributed by atoms with E-state index in [1.165, 1.54) is 0 Å². The van der Waals surface area contributed by atoms with Crippen LogP contribution in [0, 0.1) is 15.5 Å². The first-order valence-corrected chi connectivity index (χ1v) is 5.36. The van der Waals surface area contributed by atoms with E-state index in [4.69, 9.17) is 10.5 Å². The maximum atomic E-state index is 11.9. The highest BCUT2D eigenvalue weighted by molar-refractivity contribution is 5.97. The third-order valence-electron chi connectivity index (χ3n) is 3.03. The summed E-state index contributed by atoms with van der Waals surface area (Å²) in [5.41, 5.74) is 5.50. The highest BCUT2D eigenvalue weighted by Crippen LogP contribution is 2.41. The summed E-state index contributed by atoms with van der Waals surface area (Å²) >= 11 is 0. The zero-order valence-electron chi connectivity index (χ0n) is 9.78. The van der Waals surface area contributed by atoms with Gasteiger partial charge in [-0.1, -0.05) is 13.8 Å². The molecule has 0 fully saturated rings. The van der Waals surface area contributed by atoms with Crippen LogP contribution < -0.4 is 5.73 Å². The topological polar surface area (TPSA) is 95.5 Å². The van der Waals surface area contributed by atoms with Gasteiger partial charge in [0.25, 0.3) is 5.88 Å². The van der Waals surface area contributed by atoms with Crippen molar-refractivity contribution < 1.29 is 14.5 Å². The first kappa shape index (κ1) is 11.6. The summed E-state index contributed by atoms with van der Waals surface area (Å²) in [5.74, 6) is 0.219. The molecule has 0 aromatic carbocycles. The number of hydrogen-bond donors (Lipinski definition) is 1. The third-order valence-corrected chi connectivity index (χ3v) is 3.03. The standard InChI is InChI=1S/C11H14N2O4/c1-11(2)4-8(14)6-3-7(13(15)16)10(12)17-9(6)5-11/h3-5,12H2,1-2H3. The molecule has 6 heteroatoms. The summed E-state index contributed by atoms with van der Waals surface area (Å²) in [7, 11) is 0. The van der Waals surface area contributed by atoms with Crippen molar-refractivity contribution in [3.05, 3.63) is 33.0 Å². The predicted molar refractivity (Wildman–Crippen MR) is 59.0 cm³/mol. The molecule has 0 aromatic heterocycles. The monoisotopic (exact) mass is 238 g/mol. The summed E-state index contributed by atoms with van der Waals surface area (Å²) in [6.45, 7) is 3.92. The first-order chi connectivity index (χ1) is 7.80. The summed E-state index contributed by atoms with van der Waals surface area (Å²) in [6, 6.07) is 0. The number of carbonyl (C=O) groups is 1. The van der Waals surface area contributed by atoms with Gasteiger partial charge in [-0.05, 0) is 5.41 Å². The van der Waals surface area contributed by atoms with Crippen molar-refractivity contribution in [2.45, 2.75) is 33.1 Å². The van der Waals surface area contributed by atoms with E-state index < -0.39 is 4.92 Å². The van der Waals surface area contributed by atoms with E-state index in [1.807, 2.05) is 13.8 Å². The van der Waals surface area contributed by atoms with Gasteiger partial charge < -0.3 is 10.5 Å². The van der Waals surface area contributed by atoms with Gasteiger partial charge in [0.15, 0.2) is 5.78 Å². The lowest BCUT2D eigenvalue weighted by atomic mass is 9.75. The van der Waals surface area contributed by atoms with Crippen LogP contribution >= 0.6 is 0 Å². The van der Waals surface area contributed by atoms with E-state index in [2.05, 4.69) is 0 Å². The maximum absolute atomic E-state index is 11.9. The SMILES string of the molecule is CC1(C)CC(=O)C2=C(C1)OC(N)=C([N+](=O)[O-])C2. The molecule has 1 heterocycles. The van der Waals surface area contributed by atoms with Gasteiger partial charge in [0, 0.05) is 18.4 Å². The fraction of sp³-hybridized carbons (Fsp3) is 0.545. The quantitative estimate of drug-likeness (QED) is 0.551. The van der Waals surface area contributed by atoms with Crippen molar-refractivity contribution in [2.24, 2.45) is 11.1 Å². The largest absolute Gasteiger partial charge is 0.440 e. The number of allylic oxidation sites excluding steroid dienone is 2. The number of Topliss-reactive ketones (excluding diaryl/α,β-unsaturated/α-hetero) is 1. The number of ketones is 1. The molecule has 0 spiro atoms. The molecule has 92 valence electrons. The summed E-state index contributed by atoms with van der Waals surface area (Å²) < 4.78 is 5.24. The Labute approximate surface area is 98.3 Å². The van der Waals surface area contributed by atoms with E-state index >= 15 is 0 Å². The van der Waals surface area contributed by atoms with E-state index in [1.54, 1.807) is 0 Å². The number of carbonyl (C=O) groups excluding carboxylic acids is 1. The lowest BCUT2D eigenvalue weighted by Crippen LogP contribution is -2.31. The summed E-state index contributed by atoms with van der Waals surface area (Å²) in [5, 5.41) is 10.7. The lowest BCUT2D eigenvalue weighted by molar-refractivity contribution is -0.430. The average molecular weight is 238 g/mol. The highest BCUT2D eigenvalue weighted by atomic mass is 16.6. The molecule has 0 radical (unpaired) electrons. The number of nitrogens with zero attached hydrogens (tertiary/aromatic N) is 1. The van der Waals surface area contributed by atoms with Crippen LogP contribution in [0.5, 0.6) is 0 Å². The molecular formula is C11H14N2O4. The van der Waals surface area contributed by atoms with Gasteiger partial charge in [-0.3, -0.25) is 14.9 Å². The number of hydrogen-bond acceptors (Lipinski definition) is 5. The van der Waals surface area contributed by atoms with Gasteiger partial charge in [0.2, 0.25) is 0 Å². The minimum absolute atomic E-state index is 0.0247. The molecule has 0 bridgehead atoms. The zero-order chi connectivity index (χ0) is 12.8. The number of nitro groups is 1. The van der Waals surface area contributed by atoms with E-state index in [0.717, 1.165) is 0 Å². The molecule has 0 atom stereocenters. The van der Waals surface area contributed by atoms with Crippen molar-refractivity contribution in [3.8, 4) is 0 Å². The molecule has 1 aliphatic heterocycles. The molecule has 0 unspecified atom stereocenters. The number of nitrogens with two attached hydrogens (primary N) is 1. The Balaban J connectivity index is 2.34. The second-order valence-corrected chi connectivity index (χ2v) is 5.19. The third kappa shape index (κ3) is 2.02. The smallest absolute Gasteiger partial charge is 0.310 e. The van der Waals surface area contributed by atoms with Gasteiger partial charge >= 0.3 is 5.70 Å². The molecule has 0 saturated carbocycles. The molecule has 0 saturated heterocycles. The number of ether oxygens (including phenoxy) is 1.